The van der Waals surface area contributed by atoms with Crippen LogP contribution in [0.1, 0.15) is 278 Å². The molecule has 0 aromatic carbocycles. The fourth-order valence-electron chi connectivity index (χ4n) is 8.07. The summed E-state index contributed by atoms with van der Waals surface area (Å²) in [6.07, 6.45) is 53.7. The quantitative estimate of drug-likeness (QED) is 0.0322. The molecule has 0 radical (unpaired) electrons. The molecule has 3 N–H and O–H groups in total. The Balaban J connectivity index is 4.51. The van der Waals surface area contributed by atoms with Gasteiger partial charge in [0, 0.05) is 6.42 Å². The van der Waals surface area contributed by atoms with Crippen LogP contribution in [0.15, 0.2) is 24.3 Å². The second-order valence-corrected chi connectivity index (χ2v) is 18.0. The number of carbonyl (C=O) groups is 2. The van der Waals surface area contributed by atoms with E-state index in [2.05, 4.69) is 50.4 Å². The van der Waals surface area contributed by atoms with E-state index in [0.717, 1.165) is 51.4 Å². The maximum atomic E-state index is 13.2. The van der Waals surface area contributed by atoms with E-state index < -0.39 is 18.2 Å². The van der Waals surface area contributed by atoms with Crippen LogP contribution >= 0.6 is 0 Å². The lowest BCUT2D eigenvalue weighted by atomic mass is 10.0. The Labute approximate surface area is 367 Å². The van der Waals surface area contributed by atoms with Crippen molar-refractivity contribution in [2.75, 3.05) is 6.61 Å². The summed E-state index contributed by atoms with van der Waals surface area (Å²) in [5.74, 6) is -0.474. The first-order valence-corrected chi connectivity index (χ1v) is 26.1. The van der Waals surface area contributed by atoms with Crippen LogP contribution in [0.2, 0.25) is 0 Å². The van der Waals surface area contributed by atoms with E-state index in [4.69, 9.17) is 4.74 Å². The molecule has 6 heteroatoms. The van der Waals surface area contributed by atoms with Gasteiger partial charge in [-0.1, -0.05) is 238 Å². The third-order valence-corrected chi connectivity index (χ3v) is 12.1. The highest BCUT2D eigenvalue weighted by atomic mass is 16.5. The van der Waals surface area contributed by atoms with Crippen LogP contribution in [0.3, 0.4) is 0 Å². The molecule has 0 aliphatic rings. The molecule has 1 amide bonds. The second kappa shape index (κ2) is 47.4. The van der Waals surface area contributed by atoms with Crippen LogP contribution in [-0.4, -0.2) is 46.9 Å². The molecule has 3 atom stereocenters. The molecule has 0 saturated carbocycles. The number of aliphatic hydroxyl groups excluding tert-OH is 2. The Bertz CT molecular complexity index is 935. The number of esters is 1. The Morgan fingerprint density at radius 2 is 0.847 bits per heavy atom. The van der Waals surface area contributed by atoms with Crippen molar-refractivity contribution in [2.24, 2.45) is 0 Å². The topological polar surface area (TPSA) is 95.9 Å². The fourth-order valence-corrected chi connectivity index (χ4v) is 8.07. The molecule has 0 bridgehead atoms. The first-order valence-electron chi connectivity index (χ1n) is 26.1. The van der Waals surface area contributed by atoms with E-state index in [0.29, 0.717) is 19.3 Å². The van der Waals surface area contributed by atoms with Crippen LogP contribution in [0.5, 0.6) is 0 Å². The van der Waals surface area contributed by atoms with Crippen LogP contribution < -0.4 is 5.32 Å². The Morgan fingerprint density at radius 1 is 0.492 bits per heavy atom. The molecule has 0 aromatic heterocycles. The first-order chi connectivity index (χ1) is 29.0. The number of rotatable bonds is 47. The Hall–Kier alpha value is -1.66. The molecule has 0 fully saturated rings. The summed E-state index contributed by atoms with van der Waals surface area (Å²) >= 11 is 0. The van der Waals surface area contributed by atoms with Gasteiger partial charge in [-0.15, -0.1) is 0 Å². The Kier molecular flexibility index (Phi) is 46.1. The molecule has 0 heterocycles. The number of nitrogens with one attached hydrogen (secondary N) is 1. The summed E-state index contributed by atoms with van der Waals surface area (Å²) in [6, 6.07) is -0.698. The molecule has 0 saturated heterocycles. The molecule has 0 spiro atoms. The van der Waals surface area contributed by atoms with Gasteiger partial charge in [0.25, 0.3) is 0 Å². The van der Waals surface area contributed by atoms with Crippen LogP contribution in [0.4, 0.5) is 0 Å². The number of allylic oxidation sites excluding steroid dienone is 4. The van der Waals surface area contributed by atoms with E-state index in [1.54, 1.807) is 0 Å². The van der Waals surface area contributed by atoms with Crippen LogP contribution in [-0.2, 0) is 14.3 Å². The summed E-state index contributed by atoms with van der Waals surface area (Å²) in [5.41, 5.74) is 0. The smallest absolute Gasteiger partial charge is 0.306 e. The van der Waals surface area contributed by atoms with Crippen molar-refractivity contribution >= 4 is 11.9 Å². The minimum Gasteiger partial charge on any atom is -0.462 e. The van der Waals surface area contributed by atoms with Crippen molar-refractivity contribution in [1.82, 2.24) is 5.32 Å². The minimum atomic E-state index is -0.785. The summed E-state index contributed by atoms with van der Waals surface area (Å²) < 4.78 is 5.93. The largest absolute Gasteiger partial charge is 0.462 e. The molecule has 6 nitrogen and oxygen atoms in total. The summed E-state index contributed by atoms with van der Waals surface area (Å²) in [5, 5.41) is 23.8. The number of ether oxygens (including phenoxy) is 1. The average molecular weight is 832 g/mol. The number of unbranched alkanes of at least 4 members (excludes halogenated alkanes) is 32. The van der Waals surface area contributed by atoms with E-state index >= 15 is 0 Å². The maximum absolute atomic E-state index is 13.2. The first kappa shape index (κ1) is 57.3. The highest BCUT2D eigenvalue weighted by Gasteiger charge is 2.24. The van der Waals surface area contributed by atoms with E-state index in [1.807, 2.05) is 0 Å². The van der Waals surface area contributed by atoms with Crippen molar-refractivity contribution < 1.29 is 24.5 Å². The van der Waals surface area contributed by atoms with E-state index in [1.165, 1.54) is 180 Å². The van der Waals surface area contributed by atoms with Crippen LogP contribution in [0.25, 0.3) is 0 Å². The van der Waals surface area contributed by atoms with Crippen molar-refractivity contribution in [1.29, 1.82) is 0 Å². The molecule has 0 aromatic rings. The lowest BCUT2D eigenvalue weighted by molar-refractivity contribution is -0.151. The number of hydrogen-bond donors (Lipinski definition) is 3. The lowest BCUT2D eigenvalue weighted by Crippen LogP contribution is -2.46. The van der Waals surface area contributed by atoms with Crippen molar-refractivity contribution in [3.8, 4) is 0 Å². The molecule has 0 aliphatic carbocycles. The third kappa shape index (κ3) is 42.8. The van der Waals surface area contributed by atoms with Gasteiger partial charge in [-0.05, 0) is 51.4 Å². The van der Waals surface area contributed by atoms with Crippen molar-refractivity contribution in [3.63, 3.8) is 0 Å². The second-order valence-electron chi connectivity index (χ2n) is 18.0. The van der Waals surface area contributed by atoms with Gasteiger partial charge in [0.2, 0.25) is 5.91 Å². The van der Waals surface area contributed by atoms with Gasteiger partial charge in [-0.2, -0.15) is 0 Å². The number of hydrogen-bond acceptors (Lipinski definition) is 5. The normalized spacial score (nSPS) is 13.4. The van der Waals surface area contributed by atoms with Gasteiger partial charge in [-0.3, -0.25) is 9.59 Å². The van der Waals surface area contributed by atoms with E-state index in [9.17, 15) is 19.8 Å². The average Bonchev–Trinajstić information content (AvgIpc) is 3.23. The SMILES string of the molecule is CCCCC/C=C/C=C/CCCCCCCCC(=O)OC(CCCCCCCCCCCCC)CC(=O)NC(CO)C(O)CCCCCCCCCCCCCCCC. The van der Waals surface area contributed by atoms with Gasteiger partial charge in [0.1, 0.15) is 6.10 Å². The highest BCUT2D eigenvalue weighted by molar-refractivity contribution is 5.77. The molecular weight excluding hydrogens is 731 g/mol. The molecule has 59 heavy (non-hydrogen) atoms. The van der Waals surface area contributed by atoms with Crippen molar-refractivity contribution in [3.05, 3.63) is 24.3 Å². The number of aliphatic hydroxyl groups is 2. The van der Waals surface area contributed by atoms with Gasteiger partial charge in [0.05, 0.1) is 25.2 Å². The minimum absolute atomic E-state index is 0.0780. The predicted molar refractivity (Wildman–Crippen MR) is 255 cm³/mol. The molecule has 0 aliphatic heterocycles. The van der Waals surface area contributed by atoms with Gasteiger partial charge < -0.3 is 20.3 Å². The zero-order chi connectivity index (χ0) is 43.1. The van der Waals surface area contributed by atoms with E-state index in [-0.39, 0.29) is 24.9 Å². The van der Waals surface area contributed by atoms with Crippen molar-refractivity contribution in [2.45, 2.75) is 296 Å². The zero-order valence-corrected chi connectivity index (χ0v) is 39.7. The third-order valence-electron chi connectivity index (χ3n) is 12.1. The summed E-state index contributed by atoms with van der Waals surface area (Å²) in [6.45, 7) is 6.46. The molecule has 3 unspecified atom stereocenters. The number of amides is 1. The van der Waals surface area contributed by atoms with Gasteiger partial charge in [0.15, 0.2) is 0 Å². The standard InChI is InChI=1S/C53H101NO5/c1-4-7-10-13-16-19-22-24-26-28-31-34-37-40-43-46-53(58)59-49(44-41-38-35-32-29-21-18-15-12-9-6-3)47-52(57)54-50(48-55)51(56)45-42-39-36-33-30-27-25-23-20-17-14-11-8-5-2/h16,19,22,24,49-51,55-56H,4-15,17-18,20-21,23,25-48H2,1-3H3,(H,54,57)/b19-16+,24-22+. The monoisotopic (exact) mass is 832 g/mol. The van der Waals surface area contributed by atoms with Gasteiger partial charge >= 0.3 is 5.97 Å². The maximum Gasteiger partial charge on any atom is 0.306 e. The van der Waals surface area contributed by atoms with Gasteiger partial charge in [-0.25, -0.2) is 0 Å². The molecule has 348 valence electrons. The summed E-state index contributed by atoms with van der Waals surface area (Å²) in [7, 11) is 0. The Morgan fingerprint density at radius 3 is 1.29 bits per heavy atom. The fraction of sp³-hybridized carbons (Fsp3) is 0.887. The zero-order valence-electron chi connectivity index (χ0n) is 39.7. The molecular formula is C53H101NO5. The van der Waals surface area contributed by atoms with Crippen LogP contribution in [0, 0.1) is 0 Å². The molecule has 0 rings (SSSR count). The predicted octanol–water partition coefficient (Wildman–Crippen LogP) is 15.5. The number of carbonyl (C=O) groups excluding carboxylic acids is 2. The highest BCUT2D eigenvalue weighted by Crippen LogP contribution is 2.18. The summed E-state index contributed by atoms with van der Waals surface area (Å²) in [4.78, 5) is 26.1. The lowest BCUT2D eigenvalue weighted by Gasteiger charge is -2.24.